The van der Waals surface area contributed by atoms with E-state index in [1.54, 1.807) is 4.90 Å². The molecule has 12 heteroatoms. The molecule has 6 N–H and O–H groups in total. The fourth-order valence-electron chi connectivity index (χ4n) is 2.79. The number of nitrogens with zero attached hydrogens (tertiary/aromatic N) is 4. The smallest absolute Gasteiger partial charge is 0.177 e. The number of hydrogen-bond acceptors (Lipinski definition) is 8. The first kappa shape index (κ1) is 22.3. The number of thiocarbonyl (C=S) groups is 1. The highest BCUT2D eigenvalue weighted by atomic mass is 32.1. The lowest BCUT2D eigenvalue weighted by molar-refractivity contribution is -0.102. The van der Waals surface area contributed by atoms with Gasteiger partial charge in [-0.05, 0) is 0 Å². The number of hydrazone groups is 1. The van der Waals surface area contributed by atoms with Crippen molar-refractivity contribution in [2.75, 3.05) is 44.2 Å². The lowest BCUT2D eigenvalue weighted by Gasteiger charge is -2.36. The Labute approximate surface area is 171 Å². The summed E-state index contributed by atoms with van der Waals surface area (Å²) >= 11 is 4.69. The van der Waals surface area contributed by atoms with Crippen molar-refractivity contribution in [3.63, 3.8) is 0 Å². The Morgan fingerprint density at radius 1 is 1.28 bits per heavy atom. The molecule has 0 saturated carbocycles. The van der Waals surface area contributed by atoms with E-state index >= 15 is 0 Å². The molecule has 0 aromatic heterocycles. The maximum Gasteiger partial charge on any atom is 0.177 e. The summed E-state index contributed by atoms with van der Waals surface area (Å²) in [5.41, 5.74) is 5.56. The molecule has 0 unspecified atom stereocenters. The van der Waals surface area contributed by atoms with Gasteiger partial charge in [0.05, 0.1) is 30.7 Å². The number of aliphatic imine (C=N–C) groups is 1. The fraction of sp³-hybridized carbons (Fsp3) is 0.353. The second kappa shape index (κ2) is 10.5. The zero-order valence-corrected chi connectivity index (χ0v) is 16.4. The van der Waals surface area contributed by atoms with Crippen LogP contribution in [-0.2, 0) is 4.79 Å². The van der Waals surface area contributed by atoms with Crippen LogP contribution in [0.25, 0.3) is 0 Å². The predicted octanol–water partition coefficient (Wildman–Crippen LogP) is 0.156. The molecule has 1 aliphatic rings. The van der Waals surface area contributed by atoms with Crippen LogP contribution in [-0.4, -0.2) is 73.2 Å². The molecule has 0 radical (unpaired) electrons. The van der Waals surface area contributed by atoms with Gasteiger partial charge in [0.15, 0.2) is 17.9 Å². The molecule has 0 atom stereocenters. The molecule has 0 bridgehead atoms. The van der Waals surface area contributed by atoms with Crippen LogP contribution in [0.1, 0.15) is 0 Å². The molecule has 1 fully saturated rings. The second-order valence-corrected chi connectivity index (χ2v) is 6.70. The first-order valence-corrected chi connectivity index (χ1v) is 9.08. The van der Waals surface area contributed by atoms with Gasteiger partial charge in [0.1, 0.15) is 16.5 Å². The summed E-state index contributed by atoms with van der Waals surface area (Å²) in [6.45, 7) is 2.30. The summed E-state index contributed by atoms with van der Waals surface area (Å²) in [4.78, 5) is 18.0. The minimum atomic E-state index is -0.733. The van der Waals surface area contributed by atoms with E-state index < -0.39 is 11.6 Å². The number of hydrogen-bond donors (Lipinski definition) is 4. The van der Waals surface area contributed by atoms with Crippen molar-refractivity contribution in [2.24, 2.45) is 21.7 Å². The van der Waals surface area contributed by atoms with Crippen molar-refractivity contribution in [1.82, 2.24) is 10.2 Å². The fourth-order valence-corrected chi connectivity index (χ4v) is 2.86. The van der Waals surface area contributed by atoms with E-state index in [4.69, 9.17) is 29.2 Å². The molecule has 156 valence electrons. The van der Waals surface area contributed by atoms with Gasteiger partial charge < -0.3 is 21.8 Å². The monoisotopic (exact) mass is 424 g/mol. The zero-order valence-electron chi connectivity index (χ0n) is 15.6. The Morgan fingerprint density at radius 2 is 1.90 bits per heavy atom. The van der Waals surface area contributed by atoms with E-state index in [1.807, 2.05) is 4.90 Å². The molecule has 1 aromatic carbocycles. The summed E-state index contributed by atoms with van der Waals surface area (Å²) in [5.74, 6) is 3.82. The van der Waals surface area contributed by atoms with E-state index in [0.717, 1.165) is 12.1 Å². The van der Waals surface area contributed by atoms with Crippen LogP contribution in [0.5, 0.6) is 0 Å². The van der Waals surface area contributed by atoms with Gasteiger partial charge >= 0.3 is 0 Å². The van der Waals surface area contributed by atoms with Gasteiger partial charge in [0.2, 0.25) is 0 Å². The average molecular weight is 424 g/mol. The maximum absolute atomic E-state index is 14.6. The van der Waals surface area contributed by atoms with Crippen LogP contribution in [0.4, 0.5) is 20.2 Å². The maximum atomic E-state index is 14.6. The number of nitrogens with two attached hydrogens (primary N) is 2. The number of piperazine rings is 1. The van der Waals surface area contributed by atoms with Crippen LogP contribution in [0, 0.1) is 17.0 Å². The molecule has 1 heterocycles. The summed E-state index contributed by atoms with van der Waals surface area (Å²) < 4.78 is 29.1. The average Bonchev–Trinajstić information content (AvgIpc) is 2.68. The van der Waals surface area contributed by atoms with E-state index in [1.165, 1.54) is 6.21 Å². The Bertz CT molecular complexity index is 814. The Morgan fingerprint density at radius 3 is 2.41 bits per heavy atom. The molecule has 1 aliphatic heterocycles. The standard InChI is InChI=1S/C17H22F2N8OS/c18-13-5-11(23-7-12(25-22)8-24-16(29)10-28)6-14(19)17(13)27-3-1-26(2-4-27)9-15(20)21/h5-7,10H,1-4,8-9,22H2,(H3,20,21)(H,24,29). The van der Waals surface area contributed by atoms with Crippen LogP contribution in [0.15, 0.2) is 22.2 Å². The van der Waals surface area contributed by atoms with Crippen LogP contribution >= 0.6 is 12.2 Å². The normalized spacial score (nSPS) is 15.5. The van der Waals surface area contributed by atoms with Crippen LogP contribution < -0.4 is 21.8 Å². The number of rotatable bonds is 8. The van der Waals surface area contributed by atoms with Gasteiger partial charge in [-0.3, -0.25) is 20.1 Å². The number of carbonyl (C=O) groups excluding carboxylic acids is 1. The van der Waals surface area contributed by atoms with Gasteiger partial charge in [-0.2, -0.15) is 5.10 Å². The van der Waals surface area contributed by atoms with E-state index in [0.29, 0.717) is 39.0 Å². The Kier molecular flexibility index (Phi) is 8.09. The molecule has 9 nitrogen and oxygen atoms in total. The third-order valence-corrected chi connectivity index (χ3v) is 4.40. The minimum absolute atomic E-state index is 0.0237. The largest absolute Gasteiger partial charge is 0.387 e. The van der Waals surface area contributed by atoms with Gasteiger partial charge in [-0.1, -0.05) is 12.2 Å². The summed E-state index contributed by atoms with van der Waals surface area (Å²) in [7, 11) is 0. The highest BCUT2D eigenvalue weighted by molar-refractivity contribution is 7.81. The molecule has 1 aromatic rings. The number of nitrogens with one attached hydrogen (secondary N) is 2. The lowest BCUT2D eigenvalue weighted by atomic mass is 10.2. The molecular formula is C17H22F2N8OS. The van der Waals surface area contributed by atoms with Crippen LogP contribution in [0.3, 0.4) is 0 Å². The number of amidine groups is 1. The SMILES string of the molecule is N=C(N)CN1CCN(c2c(F)cc(N=CC(CNC(=S)C=O)=NN)cc2F)CC1. The number of anilines is 1. The molecule has 0 amide bonds. The van der Waals surface area contributed by atoms with Crippen molar-refractivity contribution in [3.8, 4) is 0 Å². The van der Waals surface area contributed by atoms with Gasteiger partial charge in [-0.15, -0.1) is 0 Å². The van der Waals surface area contributed by atoms with Gasteiger partial charge in [-0.25, -0.2) is 8.78 Å². The number of carbonyl (C=O) groups is 1. The molecule has 0 aliphatic carbocycles. The third kappa shape index (κ3) is 6.54. The van der Waals surface area contributed by atoms with Gasteiger partial charge in [0, 0.05) is 38.3 Å². The molecular weight excluding hydrogens is 402 g/mol. The van der Waals surface area contributed by atoms with Crippen molar-refractivity contribution in [2.45, 2.75) is 0 Å². The molecule has 29 heavy (non-hydrogen) atoms. The number of halogens is 2. The van der Waals surface area contributed by atoms with Crippen molar-refractivity contribution < 1.29 is 13.6 Å². The lowest BCUT2D eigenvalue weighted by Crippen LogP contribution is -2.49. The quantitative estimate of drug-likeness (QED) is 0.116. The topological polar surface area (TPSA) is 136 Å². The van der Waals surface area contributed by atoms with Gasteiger partial charge in [0.25, 0.3) is 0 Å². The molecule has 0 spiro atoms. The highest BCUT2D eigenvalue weighted by Crippen LogP contribution is 2.29. The van der Waals surface area contributed by atoms with Crippen molar-refractivity contribution >= 4 is 52.6 Å². The van der Waals surface area contributed by atoms with E-state index in [-0.39, 0.29) is 34.5 Å². The predicted molar refractivity (Wildman–Crippen MR) is 113 cm³/mol. The Hall–Kier alpha value is -2.99. The number of benzene rings is 1. The highest BCUT2D eigenvalue weighted by Gasteiger charge is 2.23. The van der Waals surface area contributed by atoms with E-state index in [9.17, 15) is 13.6 Å². The third-order valence-electron chi connectivity index (χ3n) is 4.16. The van der Waals surface area contributed by atoms with Crippen LogP contribution in [0.2, 0.25) is 0 Å². The first-order chi connectivity index (χ1) is 13.8. The second-order valence-electron chi connectivity index (χ2n) is 6.26. The summed E-state index contributed by atoms with van der Waals surface area (Å²) in [6, 6.07) is 2.24. The van der Waals surface area contributed by atoms with Crippen molar-refractivity contribution in [3.05, 3.63) is 23.8 Å². The first-order valence-electron chi connectivity index (χ1n) is 8.67. The Balaban J connectivity index is 2.06. The van der Waals surface area contributed by atoms with Crippen molar-refractivity contribution in [1.29, 1.82) is 5.41 Å². The number of aldehydes is 1. The molecule has 1 saturated heterocycles. The zero-order chi connectivity index (χ0) is 21.4. The van der Waals surface area contributed by atoms with E-state index in [2.05, 4.69) is 15.4 Å². The minimum Gasteiger partial charge on any atom is -0.387 e. The summed E-state index contributed by atoms with van der Waals surface area (Å²) in [6.07, 6.45) is 1.69. The summed E-state index contributed by atoms with van der Waals surface area (Å²) in [5, 5.41) is 13.4. The molecule has 2 rings (SSSR count).